The fourth-order valence-electron chi connectivity index (χ4n) is 2.36. The molecule has 6 heteroatoms. The number of benzene rings is 1. The monoisotopic (exact) mass is 354 g/mol. The lowest BCUT2D eigenvalue weighted by Crippen LogP contribution is -2.29. The summed E-state index contributed by atoms with van der Waals surface area (Å²) in [5, 5.41) is 3.88. The number of halogens is 1. The second kappa shape index (κ2) is 5.71. The quantitative estimate of drug-likeness (QED) is 0.890. The topological polar surface area (TPSA) is 64.4 Å². The van der Waals surface area contributed by atoms with Crippen LogP contribution in [-0.4, -0.2) is 25.7 Å². The molecule has 1 aliphatic heterocycles. The van der Waals surface area contributed by atoms with Crippen LogP contribution in [0.4, 0.5) is 5.69 Å². The number of nitrogen functional groups attached to an aromatic ring is 1. The van der Waals surface area contributed by atoms with Crippen LogP contribution in [0, 0.1) is 5.92 Å². The number of ether oxygens (including phenoxy) is 1. The third-order valence-electron chi connectivity index (χ3n) is 3.48. The zero-order valence-electron chi connectivity index (χ0n) is 10.8. The highest BCUT2D eigenvalue weighted by atomic mass is 79.9. The number of fused-ring (bicyclic) bond motifs is 1. The van der Waals surface area contributed by atoms with Crippen LogP contribution >= 0.6 is 27.3 Å². The summed E-state index contributed by atoms with van der Waals surface area (Å²) in [7, 11) is 0. The summed E-state index contributed by atoms with van der Waals surface area (Å²) < 4.78 is 7.25. The Morgan fingerprint density at radius 2 is 2.40 bits per heavy atom. The Labute approximate surface area is 129 Å². The van der Waals surface area contributed by atoms with Crippen molar-refractivity contribution in [1.82, 2.24) is 5.32 Å². The van der Waals surface area contributed by atoms with Crippen molar-refractivity contribution in [2.75, 3.05) is 25.5 Å². The van der Waals surface area contributed by atoms with E-state index in [0.717, 1.165) is 34.2 Å². The molecule has 20 heavy (non-hydrogen) atoms. The predicted molar refractivity (Wildman–Crippen MR) is 85.2 cm³/mol. The molecule has 0 spiro atoms. The number of hydrogen-bond acceptors (Lipinski definition) is 4. The van der Waals surface area contributed by atoms with Crippen LogP contribution in [0.25, 0.3) is 10.1 Å². The molecule has 1 aromatic heterocycles. The van der Waals surface area contributed by atoms with Crippen molar-refractivity contribution < 1.29 is 9.53 Å². The predicted octanol–water partition coefficient (Wildman–Crippen LogP) is 3.01. The van der Waals surface area contributed by atoms with Crippen LogP contribution < -0.4 is 11.1 Å². The molecule has 0 saturated carbocycles. The summed E-state index contributed by atoms with van der Waals surface area (Å²) in [4.78, 5) is 12.9. The number of anilines is 1. The van der Waals surface area contributed by atoms with Gasteiger partial charge in [-0.25, -0.2) is 0 Å². The Kier molecular flexibility index (Phi) is 3.96. The van der Waals surface area contributed by atoms with Gasteiger partial charge < -0.3 is 15.8 Å². The van der Waals surface area contributed by atoms with Crippen LogP contribution in [0.5, 0.6) is 0 Å². The molecule has 2 heterocycles. The van der Waals surface area contributed by atoms with Crippen LogP contribution in [-0.2, 0) is 4.74 Å². The molecule has 0 bridgehead atoms. The Morgan fingerprint density at radius 3 is 3.10 bits per heavy atom. The van der Waals surface area contributed by atoms with Gasteiger partial charge in [0, 0.05) is 33.6 Å². The molecule has 0 aliphatic carbocycles. The molecule has 106 valence electrons. The third-order valence-corrected chi connectivity index (χ3v) is 5.31. The van der Waals surface area contributed by atoms with Gasteiger partial charge in [0.15, 0.2) is 0 Å². The molecule has 3 rings (SSSR count). The van der Waals surface area contributed by atoms with Gasteiger partial charge >= 0.3 is 0 Å². The zero-order valence-corrected chi connectivity index (χ0v) is 13.2. The first-order valence-corrected chi connectivity index (χ1v) is 8.10. The number of thiophene rings is 1. The summed E-state index contributed by atoms with van der Waals surface area (Å²) in [5.74, 6) is 0.323. The fourth-order valence-corrected chi connectivity index (χ4v) is 4.14. The first kappa shape index (κ1) is 13.9. The lowest BCUT2D eigenvalue weighted by atomic mass is 10.1. The third kappa shape index (κ3) is 2.55. The minimum Gasteiger partial charge on any atom is -0.397 e. The van der Waals surface area contributed by atoms with Gasteiger partial charge in [-0.2, -0.15) is 0 Å². The lowest BCUT2D eigenvalue weighted by Gasteiger charge is -2.08. The Morgan fingerprint density at radius 1 is 1.55 bits per heavy atom. The van der Waals surface area contributed by atoms with E-state index in [-0.39, 0.29) is 5.91 Å². The average molecular weight is 355 g/mol. The number of hydrogen-bond donors (Lipinski definition) is 2. The summed E-state index contributed by atoms with van der Waals surface area (Å²) in [5.41, 5.74) is 6.67. The minimum absolute atomic E-state index is 0.0949. The Balaban J connectivity index is 1.80. The van der Waals surface area contributed by atoms with E-state index in [0.29, 0.717) is 23.0 Å². The van der Waals surface area contributed by atoms with Gasteiger partial charge in [-0.15, -0.1) is 11.3 Å². The molecule has 1 aromatic carbocycles. The highest BCUT2D eigenvalue weighted by Crippen LogP contribution is 2.38. The van der Waals surface area contributed by atoms with Crippen molar-refractivity contribution in [3.05, 3.63) is 27.5 Å². The average Bonchev–Trinajstić information content (AvgIpc) is 3.05. The van der Waals surface area contributed by atoms with Gasteiger partial charge in [0.05, 0.1) is 12.3 Å². The summed E-state index contributed by atoms with van der Waals surface area (Å²) in [6.07, 6.45) is 1.01. The van der Waals surface area contributed by atoms with Crippen molar-refractivity contribution in [3.8, 4) is 0 Å². The van der Waals surface area contributed by atoms with Crippen LogP contribution in [0.1, 0.15) is 16.1 Å². The van der Waals surface area contributed by atoms with Gasteiger partial charge in [-0.1, -0.05) is 22.0 Å². The maximum atomic E-state index is 12.3. The Bertz CT molecular complexity index is 650. The summed E-state index contributed by atoms with van der Waals surface area (Å²) in [6, 6.07) is 5.85. The largest absolute Gasteiger partial charge is 0.397 e. The highest BCUT2D eigenvalue weighted by Gasteiger charge is 2.20. The van der Waals surface area contributed by atoms with Crippen LogP contribution in [0.2, 0.25) is 0 Å². The molecule has 0 radical (unpaired) electrons. The van der Waals surface area contributed by atoms with Gasteiger partial charge in [0.2, 0.25) is 0 Å². The van der Waals surface area contributed by atoms with E-state index in [1.54, 1.807) is 0 Å². The SMILES string of the molecule is Nc1c(C(=O)NCC2CCOC2)sc2cccc(Br)c12. The smallest absolute Gasteiger partial charge is 0.263 e. The second-order valence-corrected chi connectivity index (χ2v) is 6.80. The molecular formula is C14H15BrN2O2S. The van der Waals surface area contributed by atoms with Crippen molar-refractivity contribution in [1.29, 1.82) is 0 Å². The number of rotatable bonds is 3. The van der Waals surface area contributed by atoms with Crippen molar-refractivity contribution in [3.63, 3.8) is 0 Å². The lowest BCUT2D eigenvalue weighted by molar-refractivity contribution is 0.0950. The first-order chi connectivity index (χ1) is 9.66. The fraction of sp³-hybridized carbons (Fsp3) is 0.357. The summed E-state index contributed by atoms with van der Waals surface area (Å²) in [6.45, 7) is 2.17. The molecule has 1 aliphatic rings. The van der Waals surface area contributed by atoms with E-state index in [4.69, 9.17) is 10.5 Å². The van der Waals surface area contributed by atoms with Crippen molar-refractivity contribution in [2.45, 2.75) is 6.42 Å². The van der Waals surface area contributed by atoms with Gasteiger partial charge in [0.25, 0.3) is 5.91 Å². The van der Waals surface area contributed by atoms with Crippen molar-refractivity contribution >= 4 is 48.9 Å². The van der Waals surface area contributed by atoms with E-state index >= 15 is 0 Å². The number of carbonyl (C=O) groups is 1. The minimum atomic E-state index is -0.0949. The van der Waals surface area contributed by atoms with E-state index in [2.05, 4.69) is 21.2 Å². The number of nitrogens with one attached hydrogen (secondary N) is 1. The zero-order chi connectivity index (χ0) is 14.1. The molecule has 1 amide bonds. The number of carbonyl (C=O) groups excluding carboxylic acids is 1. The molecule has 1 unspecified atom stereocenters. The summed E-state index contributed by atoms with van der Waals surface area (Å²) >= 11 is 4.91. The molecule has 3 N–H and O–H groups in total. The van der Waals surface area contributed by atoms with Gasteiger partial charge in [0.1, 0.15) is 4.88 Å². The molecule has 1 atom stereocenters. The maximum absolute atomic E-state index is 12.3. The van der Waals surface area contributed by atoms with Crippen molar-refractivity contribution in [2.24, 2.45) is 5.92 Å². The van der Waals surface area contributed by atoms with Crippen LogP contribution in [0.3, 0.4) is 0 Å². The highest BCUT2D eigenvalue weighted by molar-refractivity contribution is 9.10. The van der Waals surface area contributed by atoms with E-state index < -0.39 is 0 Å². The second-order valence-electron chi connectivity index (χ2n) is 4.90. The van der Waals surface area contributed by atoms with E-state index in [9.17, 15) is 4.79 Å². The standard InChI is InChI=1S/C14H15BrN2O2S/c15-9-2-1-3-10-11(9)12(16)13(20-10)14(18)17-6-8-4-5-19-7-8/h1-3,8H,4-7,16H2,(H,17,18). The Hall–Kier alpha value is -1.11. The van der Waals surface area contributed by atoms with Gasteiger partial charge in [-0.05, 0) is 18.6 Å². The molecular weight excluding hydrogens is 340 g/mol. The van der Waals surface area contributed by atoms with Gasteiger partial charge in [-0.3, -0.25) is 4.79 Å². The molecule has 1 fully saturated rings. The van der Waals surface area contributed by atoms with E-state index in [1.165, 1.54) is 11.3 Å². The van der Waals surface area contributed by atoms with Crippen LogP contribution in [0.15, 0.2) is 22.7 Å². The molecule has 2 aromatic rings. The maximum Gasteiger partial charge on any atom is 0.263 e. The number of amides is 1. The molecule has 1 saturated heterocycles. The van der Waals surface area contributed by atoms with E-state index in [1.807, 2.05) is 18.2 Å². The molecule has 4 nitrogen and oxygen atoms in total. The normalized spacial score (nSPS) is 18.6. The first-order valence-electron chi connectivity index (χ1n) is 6.49. The number of nitrogens with two attached hydrogens (primary N) is 1.